The van der Waals surface area contributed by atoms with Crippen molar-refractivity contribution in [1.29, 1.82) is 0 Å². The minimum atomic E-state index is -1.15. The van der Waals surface area contributed by atoms with Gasteiger partial charge in [0.25, 0.3) is 0 Å². The molecule has 0 spiro atoms. The number of aliphatic hydroxyl groups is 2. The number of hydrogen-bond acceptors (Lipinski definition) is 5. The van der Waals surface area contributed by atoms with Gasteiger partial charge in [0, 0.05) is 29.2 Å². The largest absolute Gasteiger partial charge is 0.391 e. The van der Waals surface area contributed by atoms with Crippen LogP contribution < -0.4 is 5.32 Å². The van der Waals surface area contributed by atoms with Gasteiger partial charge in [-0.2, -0.15) is 0 Å². The second-order valence-corrected chi connectivity index (χ2v) is 6.47. The Balaban J connectivity index is 2.09. The summed E-state index contributed by atoms with van der Waals surface area (Å²) in [6.07, 6.45) is -0.666. The number of β-amino-alcohol motifs (C(OH)–C–C–N with tert-alkyl or cyclic N) is 1. The molecule has 3 N–H and O–H groups in total. The maximum absolute atomic E-state index is 12.7. The fourth-order valence-electron chi connectivity index (χ4n) is 3.23. The van der Waals surface area contributed by atoms with Crippen molar-refractivity contribution in [2.24, 2.45) is 5.92 Å². The van der Waals surface area contributed by atoms with Crippen molar-refractivity contribution in [3.05, 3.63) is 46.7 Å². The van der Waals surface area contributed by atoms with E-state index in [0.29, 0.717) is 16.7 Å². The van der Waals surface area contributed by atoms with Crippen molar-refractivity contribution >= 4 is 11.6 Å². The van der Waals surface area contributed by atoms with E-state index >= 15 is 0 Å². The number of rotatable bonds is 1. The number of Topliss-reactive ketones (excluding diaryl/α,β-unsaturated/α-hetero) is 2. The molecule has 0 amide bonds. The van der Waals surface area contributed by atoms with Crippen LogP contribution in [0.4, 0.5) is 0 Å². The molecule has 0 bridgehead atoms. The molecule has 0 saturated heterocycles. The molecule has 1 heterocycles. The van der Waals surface area contributed by atoms with Crippen molar-refractivity contribution in [3.8, 4) is 0 Å². The van der Waals surface area contributed by atoms with Gasteiger partial charge in [-0.15, -0.1) is 0 Å². The van der Waals surface area contributed by atoms with Crippen LogP contribution in [0.15, 0.2) is 35.5 Å². The third-order valence-corrected chi connectivity index (χ3v) is 4.50. The average molecular weight is 301 g/mol. The van der Waals surface area contributed by atoms with Gasteiger partial charge >= 0.3 is 0 Å². The van der Waals surface area contributed by atoms with Gasteiger partial charge in [-0.1, -0.05) is 24.3 Å². The Morgan fingerprint density at radius 3 is 2.32 bits per heavy atom. The van der Waals surface area contributed by atoms with E-state index in [2.05, 4.69) is 5.32 Å². The van der Waals surface area contributed by atoms with E-state index in [-0.39, 0.29) is 30.2 Å². The molecule has 0 aromatic heterocycles. The predicted octanol–water partition coefficient (Wildman–Crippen LogP) is 1.06. The first-order valence-corrected chi connectivity index (χ1v) is 7.36. The van der Waals surface area contributed by atoms with Gasteiger partial charge in [0.1, 0.15) is 0 Å². The summed E-state index contributed by atoms with van der Waals surface area (Å²) in [5.41, 5.74) is 0.236. The Hall–Kier alpha value is -1.98. The third-order valence-electron chi connectivity index (χ3n) is 4.50. The quantitative estimate of drug-likeness (QED) is 0.722. The molecule has 116 valence electrons. The second-order valence-electron chi connectivity index (χ2n) is 6.47. The van der Waals surface area contributed by atoms with Crippen LogP contribution in [0.5, 0.6) is 0 Å². The lowest BCUT2D eigenvalue weighted by Crippen LogP contribution is -2.42. The van der Waals surface area contributed by atoms with E-state index in [4.69, 9.17) is 0 Å². The van der Waals surface area contributed by atoms with E-state index < -0.39 is 17.6 Å². The molecule has 1 aliphatic carbocycles. The van der Waals surface area contributed by atoms with Gasteiger partial charge < -0.3 is 15.5 Å². The Labute approximate surface area is 128 Å². The molecule has 2 atom stereocenters. The van der Waals surface area contributed by atoms with Crippen molar-refractivity contribution < 1.29 is 19.8 Å². The molecule has 3 rings (SSSR count). The maximum atomic E-state index is 12.7. The summed E-state index contributed by atoms with van der Waals surface area (Å²) in [4.78, 5) is 25.3. The molecule has 0 saturated carbocycles. The summed E-state index contributed by atoms with van der Waals surface area (Å²) < 4.78 is 0. The molecule has 1 aliphatic heterocycles. The number of ketones is 2. The second kappa shape index (κ2) is 5.04. The number of aliphatic hydroxyl groups excluding tert-OH is 1. The summed E-state index contributed by atoms with van der Waals surface area (Å²) in [7, 11) is 0. The summed E-state index contributed by atoms with van der Waals surface area (Å²) in [5.74, 6) is -0.954. The molecule has 1 aromatic carbocycles. The lowest BCUT2D eigenvalue weighted by molar-refractivity contribution is -0.0426. The number of carbonyl (C=O) groups is 2. The van der Waals surface area contributed by atoms with Gasteiger partial charge in [0.05, 0.1) is 17.4 Å². The Morgan fingerprint density at radius 1 is 1.14 bits per heavy atom. The van der Waals surface area contributed by atoms with Gasteiger partial charge in [0.2, 0.25) is 5.78 Å². The number of fused-ring (bicyclic) bond motifs is 1. The van der Waals surface area contributed by atoms with Crippen molar-refractivity contribution in [3.63, 3.8) is 0 Å². The highest BCUT2D eigenvalue weighted by molar-refractivity contribution is 6.26. The van der Waals surface area contributed by atoms with Crippen molar-refractivity contribution in [1.82, 2.24) is 5.32 Å². The van der Waals surface area contributed by atoms with Crippen LogP contribution in [0.2, 0.25) is 0 Å². The topological polar surface area (TPSA) is 86.6 Å². The highest BCUT2D eigenvalue weighted by Gasteiger charge is 2.41. The average Bonchev–Trinajstić information content (AvgIpc) is 2.64. The number of allylic oxidation sites excluding steroid dienone is 2. The van der Waals surface area contributed by atoms with Crippen molar-refractivity contribution in [2.75, 3.05) is 6.54 Å². The first-order chi connectivity index (χ1) is 10.3. The highest BCUT2D eigenvalue weighted by Crippen LogP contribution is 2.35. The molecule has 0 fully saturated rings. The maximum Gasteiger partial charge on any atom is 0.210 e. The first kappa shape index (κ1) is 14.9. The lowest BCUT2D eigenvalue weighted by atomic mass is 9.78. The smallest absolute Gasteiger partial charge is 0.210 e. The predicted molar refractivity (Wildman–Crippen MR) is 80.5 cm³/mol. The fraction of sp³-hybridized carbons (Fsp3) is 0.412. The first-order valence-electron chi connectivity index (χ1n) is 7.36. The fourth-order valence-corrected chi connectivity index (χ4v) is 3.23. The lowest BCUT2D eigenvalue weighted by Gasteiger charge is -2.32. The molecule has 22 heavy (non-hydrogen) atoms. The number of nitrogens with one attached hydrogen (secondary N) is 1. The van der Waals surface area contributed by atoms with Crippen LogP contribution in [-0.4, -0.2) is 40.0 Å². The monoisotopic (exact) mass is 301 g/mol. The molecule has 0 radical (unpaired) electrons. The molecule has 5 nitrogen and oxygen atoms in total. The number of hydrogen-bond donors (Lipinski definition) is 3. The van der Waals surface area contributed by atoms with Crippen LogP contribution in [-0.2, 0) is 0 Å². The van der Waals surface area contributed by atoms with Gasteiger partial charge in [-0.25, -0.2) is 0 Å². The van der Waals surface area contributed by atoms with E-state index in [0.717, 1.165) is 0 Å². The van der Waals surface area contributed by atoms with E-state index in [1.54, 1.807) is 38.1 Å². The number of carbonyl (C=O) groups excluding carboxylic acids is 2. The standard InChI is InChI=1S/C17H19NO4/c1-17(2,22)12-7-11-14(18-8-13(12)19)16(21)10-6-4-3-5-9(10)15(11)20/h3-6,12-13,18-19,22H,7-8H2,1-2H3/t12-,13+/m0/s1. The van der Waals surface area contributed by atoms with Crippen LogP contribution >= 0.6 is 0 Å². The van der Waals surface area contributed by atoms with E-state index in [1.807, 2.05) is 0 Å². The summed E-state index contributed by atoms with van der Waals surface area (Å²) in [6.45, 7) is 3.35. The summed E-state index contributed by atoms with van der Waals surface area (Å²) >= 11 is 0. The Kier molecular flexibility index (Phi) is 3.42. The molecule has 0 unspecified atom stereocenters. The minimum absolute atomic E-state index is 0.134. The molecule has 1 aromatic rings. The SMILES string of the molecule is CC(C)(O)[C@H]1CC2=C(NC[C@H]1O)C(=O)c1ccccc1C2=O. The zero-order valence-electron chi connectivity index (χ0n) is 12.6. The third kappa shape index (κ3) is 2.26. The zero-order valence-corrected chi connectivity index (χ0v) is 12.6. The van der Waals surface area contributed by atoms with Crippen LogP contribution in [0.3, 0.4) is 0 Å². The van der Waals surface area contributed by atoms with Crippen LogP contribution in [0, 0.1) is 5.92 Å². The zero-order chi connectivity index (χ0) is 16.1. The Morgan fingerprint density at radius 2 is 1.73 bits per heavy atom. The highest BCUT2D eigenvalue weighted by atomic mass is 16.3. The van der Waals surface area contributed by atoms with Crippen LogP contribution in [0.1, 0.15) is 41.0 Å². The van der Waals surface area contributed by atoms with Gasteiger partial charge in [-0.05, 0) is 20.3 Å². The molecule has 5 heteroatoms. The molecular formula is C17H19NO4. The number of benzene rings is 1. The van der Waals surface area contributed by atoms with Crippen molar-refractivity contribution in [2.45, 2.75) is 32.0 Å². The summed E-state index contributed by atoms with van der Waals surface area (Å²) in [6, 6.07) is 6.72. The van der Waals surface area contributed by atoms with E-state index in [9.17, 15) is 19.8 Å². The summed E-state index contributed by atoms with van der Waals surface area (Å²) in [5, 5.41) is 23.4. The molecule has 2 aliphatic rings. The Bertz CT molecular complexity index is 684. The van der Waals surface area contributed by atoms with Gasteiger partial charge in [-0.3, -0.25) is 9.59 Å². The van der Waals surface area contributed by atoms with Crippen LogP contribution in [0.25, 0.3) is 0 Å². The van der Waals surface area contributed by atoms with E-state index in [1.165, 1.54) is 0 Å². The van der Waals surface area contributed by atoms with Gasteiger partial charge in [0.15, 0.2) is 5.78 Å². The molecular weight excluding hydrogens is 282 g/mol. The normalized spacial score (nSPS) is 25.3. The minimum Gasteiger partial charge on any atom is -0.391 e.